The summed E-state index contributed by atoms with van der Waals surface area (Å²) in [6.07, 6.45) is -3.42. The molecule has 1 aromatic heterocycles. The lowest BCUT2D eigenvalue weighted by Gasteiger charge is -2.18. The predicted octanol–water partition coefficient (Wildman–Crippen LogP) is 3.16. The van der Waals surface area contributed by atoms with Gasteiger partial charge in [-0.05, 0) is 11.6 Å². The second kappa shape index (κ2) is 8.25. The van der Waals surface area contributed by atoms with Gasteiger partial charge in [-0.3, -0.25) is 4.79 Å². The topological polar surface area (TPSA) is 129 Å². The summed E-state index contributed by atoms with van der Waals surface area (Å²) in [4.78, 5) is 17.7. The van der Waals surface area contributed by atoms with Crippen LogP contribution in [0.3, 0.4) is 0 Å². The van der Waals surface area contributed by atoms with Crippen molar-refractivity contribution in [1.82, 2.24) is 9.97 Å². The normalized spacial score (nSPS) is 12.0. The van der Waals surface area contributed by atoms with Gasteiger partial charge in [0.2, 0.25) is 21.8 Å². The Morgan fingerprint density at radius 1 is 1.03 bits per heavy atom. The molecule has 0 aliphatic carbocycles. The van der Waals surface area contributed by atoms with Gasteiger partial charge in [0.15, 0.2) is 0 Å². The third-order valence-corrected chi connectivity index (χ3v) is 5.58. The molecule has 3 rings (SSSR count). The smallest absolute Gasteiger partial charge is 0.369 e. The molecule has 0 spiro atoms. The third kappa shape index (κ3) is 4.84. The minimum Gasteiger partial charge on any atom is -0.369 e. The lowest BCUT2D eigenvalue weighted by molar-refractivity contribution is -0.145. The van der Waals surface area contributed by atoms with E-state index >= 15 is 0 Å². The largest absolute Gasteiger partial charge is 0.451 e. The lowest BCUT2D eigenvalue weighted by atomic mass is 9.93. The minimum absolute atomic E-state index is 0.0179. The number of sulfonamides is 1. The van der Waals surface area contributed by atoms with E-state index in [9.17, 15) is 26.4 Å². The van der Waals surface area contributed by atoms with Gasteiger partial charge in [-0.1, -0.05) is 41.9 Å². The van der Waals surface area contributed by atoms with E-state index in [1.54, 1.807) is 12.1 Å². The highest BCUT2D eigenvalue weighted by Crippen LogP contribution is 2.40. The van der Waals surface area contributed by atoms with Crippen LogP contribution >= 0.6 is 11.6 Å². The Balaban J connectivity index is 2.38. The molecule has 0 saturated heterocycles. The molecule has 0 unspecified atom stereocenters. The lowest BCUT2D eigenvalue weighted by Crippen LogP contribution is -2.19. The van der Waals surface area contributed by atoms with Crippen molar-refractivity contribution in [2.45, 2.75) is 17.5 Å². The SMILES string of the molecule is NC(=O)Cc1ccc(-c2cnc(C(F)(F)F)nc2)c(S(N)(=O)=O)c1-c1ccccc1Cl. The summed E-state index contributed by atoms with van der Waals surface area (Å²) in [5, 5.41) is 5.64. The number of amides is 1. The maximum absolute atomic E-state index is 12.8. The number of rotatable bonds is 5. The average Bonchev–Trinajstić information content (AvgIpc) is 2.66. The first-order valence-corrected chi connectivity index (χ1v) is 10.4. The Kier molecular flexibility index (Phi) is 6.03. The van der Waals surface area contributed by atoms with Crippen molar-refractivity contribution < 1.29 is 26.4 Å². The number of aromatic nitrogens is 2. The summed E-state index contributed by atoms with van der Waals surface area (Å²) >= 11 is 6.26. The molecule has 3 aromatic rings. The van der Waals surface area contributed by atoms with Crippen molar-refractivity contribution >= 4 is 27.5 Å². The van der Waals surface area contributed by atoms with Gasteiger partial charge < -0.3 is 5.73 Å². The van der Waals surface area contributed by atoms with E-state index in [2.05, 4.69) is 9.97 Å². The fraction of sp³-hybridized carbons (Fsp3) is 0.105. The van der Waals surface area contributed by atoms with Gasteiger partial charge >= 0.3 is 6.18 Å². The highest BCUT2D eigenvalue weighted by atomic mass is 35.5. The van der Waals surface area contributed by atoms with Gasteiger partial charge in [0.05, 0.1) is 11.3 Å². The Hall–Kier alpha value is -3.02. The molecule has 0 atom stereocenters. The number of alkyl halides is 3. The van der Waals surface area contributed by atoms with Crippen LogP contribution < -0.4 is 10.9 Å². The fourth-order valence-electron chi connectivity index (χ4n) is 3.05. The first-order valence-electron chi connectivity index (χ1n) is 8.51. The molecule has 1 amide bonds. The standard InChI is InChI=1S/C19H14ClF3N4O3S/c20-14-4-2-1-3-13(14)16-10(7-15(24)28)5-6-12(17(16)31(25,29)30)11-8-26-18(27-9-11)19(21,22)23/h1-6,8-9H,7H2,(H2,24,28)(H2,25,29,30). The summed E-state index contributed by atoms with van der Waals surface area (Å²) in [6.45, 7) is 0. The average molecular weight is 471 g/mol. The molecule has 0 saturated carbocycles. The Bertz CT molecular complexity index is 1260. The highest BCUT2D eigenvalue weighted by Gasteiger charge is 2.34. The summed E-state index contributed by atoms with van der Waals surface area (Å²) < 4.78 is 63.6. The van der Waals surface area contributed by atoms with Crippen molar-refractivity contribution in [2.75, 3.05) is 0 Å². The summed E-state index contributed by atoms with van der Waals surface area (Å²) in [5.41, 5.74) is 5.70. The number of nitrogens with two attached hydrogens (primary N) is 2. The predicted molar refractivity (Wildman–Crippen MR) is 107 cm³/mol. The van der Waals surface area contributed by atoms with E-state index in [0.717, 1.165) is 12.4 Å². The molecule has 0 bridgehead atoms. The highest BCUT2D eigenvalue weighted by molar-refractivity contribution is 7.89. The van der Waals surface area contributed by atoms with E-state index in [1.165, 1.54) is 24.3 Å². The fourth-order valence-corrected chi connectivity index (χ4v) is 4.30. The monoisotopic (exact) mass is 470 g/mol. The second-order valence-electron chi connectivity index (χ2n) is 6.44. The van der Waals surface area contributed by atoms with Crippen LogP contribution in [0.2, 0.25) is 5.02 Å². The summed E-state index contributed by atoms with van der Waals surface area (Å²) in [5.74, 6) is -2.12. The zero-order valence-corrected chi connectivity index (χ0v) is 17.1. The molecule has 162 valence electrons. The van der Waals surface area contributed by atoms with Crippen LogP contribution in [-0.4, -0.2) is 24.3 Å². The van der Waals surface area contributed by atoms with Crippen molar-refractivity contribution in [3.63, 3.8) is 0 Å². The maximum atomic E-state index is 12.8. The first kappa shape index (κ1) is 22.7. The number of hydrogen-bond acceptors (Lipinski definition) is 5. The van der Waals surface area contributed by atoms with Gasteiger partial charge in [0.1, 0.15) is 0 Å². The number of halogens is 4. The summed E-state index contributed by atoms with van der Waals surface area (Å²) in [6, 6.07) is 8.95. The minimum atomic E-state index is -4.77. The molecule has 0 aliphatic rings. The van der Waals surface area contributed by atoms with Crippen molar-refractivity contribution in [2.24, 2.45) is 10.9 Å². The van der Waals surface area contributed by atoms with Gasteiger partial charge in [0.25, 0.3) is 0 Å². The van der Waals surface area contributed by atoms with E-state index in [4.69, 9.17) is 22.5 Å². The number of carbonyl (C=O) groups excluding carboxylic acids is 1. The van der Waals surface area contributed by atoms with E-state index < -0.39 is 32.8 Å². The zero-order chi connectivity index (χ0) is 23.0. The second-order valence-corrected chi connectivity index (χ2v) is 8.34. The van der Waals surface area contributed by atoms with Crippen LogP contribution in [-0.2, 0) is 27.4 Å². The van der Waals surface area contributed by atoms with Gasteiger partial charge in [-0.15, -0.1) is 0 Å². The number of carbonyl (C=O) groups is 1. The van der Waals surface area contributed by atoms with E-state index in [1.807, 2.05) is 0 Å². The van der Waals surface area contributed by atoms with Crippen LogP contribution in [0.1, 0.15) is 11.4 Å². The molecule has 1 heterocycles. The maximum Gasteiger partial charge on any atom is 0.451 e. The van der Waals surface area contributed by atoms with Crippen molar-refractivity contribution in [3.8, 4) is 22.3 Å². The van der Waals surface area contributed by atoms with Crippen molar-refractivity contribution in [1.29, 1.82) is 0 Å². The third-order valence-electron chi connectivity index (χ3n) is 4.25. The molecular formula is C19H14ClF3N4O3S. The molecule has 31 heavy (non-hydrogen) atoms. The number of hydrogen-bond donors (Lipinski definition) is 2. The number of benzene rings is 2. The van der Waals surface area contributed by atoms with Crippen molar-refractivity contribution in [3.05, 3.63) is 65.2 Å². The van der Waals surface area contributed by atoms with Gasteiger partial charge in [-0.25, -0.2) is 23.5 Å². The first-order chi connectivity index (χ1) is 14.4. The molecule has 2 aromatic carbocycles. The van der Waals surface area contributed by atoms with Crippen LogP contribution in [0.15, 0.2) is 53.7 Å². The molecule has 12 heteroatoms. The zero-order valence-electron chi connectivity index (χ0n) is 15.5. The molecular weight excluding hydrogens is 457 g/mol. The van der Waals surface area contributed by atoms with E-state index in [-0.39, 0.29) is 39.3 Å². The van der Waals surface area contributed by atoms with Crippen LogP contribution in [0.25, 0.3) is 22.3 Å². The Morgan fingerprint density at radius 2 is 1.65 bits per heavy atom. The number of primary sulfonamides is 1. The summed E-state index contributed by atoms with van der Waals surface area (Å²) in [7, 11) is -4.46. The Labute approximate surface area is 179 Å². The molecule has 0 fully saturated rings. The quantitative estimate of drug-likeness (QED) is 0.591. The van der Waals surface area contributed by atoms with Crippen LogP contribution in [0.5, 0.6) is 0 Å². The van der Waals surface area contributed by atoms with E-state index in [0.29, 0.717) is 0 Å². The van der Waals surface area contributed by atoms with Crippen LogP contribution in [0.4, 0.5) is 13.2 Å². The number of nitrogens with zero attached hydrogens (tertiary/aromatic N) is 2. The Morgan fingerprint density at radius 3 is 2.16 bits per heavy atom. The van der Waals surface area contributed by atoms with Gasteiger partial charge in [0, 0.05) is 39.7 Å². The molecule has 7 nitrogen and oxygen atoms in total. The molecule has 0 aliphatic heterocycles. The number of primary amides is 1. The molecule has 0 radical (unpaired) electrons. The van der Waals surface area contributed by atoms with Gasteiger partial charge in [-0.2, -0.15) is 13.2 Å². The van der Waals surface area contributed by atoms with Crippen LogP contribution in [0, 0.1) is 0 Å². The molecule has 4 N–H and O–H groups in total.